The Balaban J connectivity index is 1.20. The molecular weight excluding hydrogens is 567 g/mol. The normalized spacial score (nSPS) is 12.7. The van der Waals surface area contributed by atoms with Crippen LogP contribution in [0.25, 0.3) is 20.8 Å². The fourth-order valence-corrected chi connectivity index (χ4v) is 7.10. The van der Waals surface area contributed by atoms with Gasteiger partial charge in [-0.2, -0.15) is 0 Å². The molecule has 0 radical (unpaired) electrons. The van der Waals surface area contributed by atoms with Crippen molar-refractivity contribution in [2.75, 3.05) is 29.1 Å². The van der Waals surface area contributed by atoms with E-state index in [4.69, 9.17) is 4.74 Å². The van der Waals surface area contributed by atoms with E-state index >= 15 is 0 Å². The van der Waals surface area contributed by atoms with Gasteiger partial charge in [0.15, 0.2) is 10.8 Å². The number of rotatable bonds is 8. The highest BCUT2D eigenvalue weighted by atomic mass is 32.2. The number of carboxylic acids is 1. The molecule has 0 fully saturated rings. The van der Waals surface area contributed by atoms with Crippen LogP contribution in [0.2, 0.25) is 0 Å². The predicted molar refractivity (Wildman–Crippen MR) is 159 cm³/mol. The molecule has 4 heterocycles. The Labute approximate surface area is 241 Å². The van der Waals surface area contributed by atoms with E-state index in [2.05, 4.69) is 20.3 Å². The molecule has 2 N–H and O–H groups in total. The molecule has 1 aliphatic heterocycles. The van der Waals surface area contributed by atoms with Gasteiger partial charge >= 0.3 is 12.0 Å². The molecule has 0 saturated heterocycles. The second kappa shape index (κ2) is 11.6. The van der Waals surface area contributed by atoms with Gasteiger partial charge in [-0.1, -0.05) is 23.5 Å². The van der Waals surface area contributed by atoms with Crippen molar-refractivity contribution < 1.29 is 19.4 Å². The molecule has 202 valence electrons. The third-order valence-corrected chi connectivity index (χ3v) is 9.40. The van der Waals surface area contributed by atoms with Crippen LogP contribution in [-0.2, 0) is 6.42 Å². The first-order valence-electron chi connectivity index (χ1n) is 12.5. The minimum absolute atomic E-state index is 0.0771. The largest absolute Gasteiger partial charge is 0.490 e. The first-order chi connectivity index (χ1) is 19.5. The molecule has 5 aromatic rings. The average molecular weight is 590 g/mol. The Morgan fingerprint density at radius 1 is 1.07 bits per heavy atom. The topological polar surface area (TPSA) is 118 Å². The highest BCUT2D eigenvalue weighted by molar-refractivity contribution is 7.99. The minimum atomic E-state index is -1.04. The Morgan fingerprint density at radius 2 is 1.93 bits per heavy atom. The number of pyridine rings is 1. The molecule has 40 heavy (non-hydrogen) atoms. The van der Waals surface area contributed by atoms with E-state index in [-0.39, 0.29) is 11.7 Å². The number of carbonyl (C=O) groups is 2. The predicted octanol–water partition coefficient (Wildman–Crippen LogP) is 6.67. The molecule has 0 saturated carbocycles. The monoisotopic (exact) mass is 589 g/mol. The summed E-state index contributed by atoms with van der Waals surface area (Å²) in [5.41, 5.74) is 2.24. The van der Waals surface area contributed by atoms with Crippen molar-refractivity contribution >= 4 is 67.5 Å². The number of urea groups is 1. The maximum atomic E-state index is 13.3. The lowest BCUT2D eigenvalue weighted by atomic mass is 10.1. The van der Waals surface area contributed by atoms with Crippen LogP contribution in [0.15, 0.2) is 71.9 Å². The van der Waals surface area contributed by atoms with Gasteiger partial charge in [0.05, 0.1) is 22.4 Å². The molecule has 2 aromatic carbocycles. The van der Waals surface area contributed by atoms with E-state index in [0.29, 0.717) is 41.1 Å². The van der Waals surface area contributed by atoms with Gasteiger partial charge < -0.3 is 9.84 Å². The number of para-hydroxylation sites is 1. The van der Waals surface area contributed by atoms with E-state index in [1.54, 1.807) is 35.1 Å². The van der Waals surface area contributed by atoms with Crippen LogP contribution in [0.3, 0.4) is 0 Å². The summed E-state index contributed by atoms with van der Waals surface area (Å²) in [5.74, 6) is 0.390. The highest BCUT2D eigenvalue weighted by Gasteiger charge is 2.26. The molecule has 0 spiro atoms. The third kappa shape index (κ3) is 5.64. The van der Waals surface area contributed by atoms with Gasteiger partial charge in [0.25, 0.3) is 0 Å². The Morgan fingerprint density at radius 3 is 2.75 bits per heavy atom. The number of aromatic carboxylic acids is 1. The summed E-state index contributed by atoms with van der Waals surface area (Å²) < 4.78 is 6.80. The number of anilines is 2. The summed E-state index contributed by atoms with van der Waals surface area (Å²) in [7, 11) is 0. The lowest BCUT2D eigenvalue weighted by Gasteiger charge is -2.29. The molecule has 0 aliphatic carbocycles. The lowest BCUT2D eigenvalue weighted by molar-refractivity contribution is 0.0690. The van der Waals surface area contributed by atoms with E-state index in [0.717, 1.165) is 37.7 Å². The van der Waals surface area contributed by atoms with Crippen LogP contribution in [0.1, 0.15) is 21.8 Å². The maximum Gasteiger partial charge on any atom is 0.355 e. The van der Waals surface area contributed by atoms with Crippen molar-refractivity contribution in [3.63, 3.8) is 0 Å². The quantitative estimate of drug-likeness (QED) is 0.152. The van der Waals surface area contributed by atoms with Crippen molar-refractivity contribution in [3.05, 3.63) is 77.6 Å². The second-order valence-corrected chi connectivity index (χ2v) is 12.1. The number of aromatic nitrogens is 3. The zero-order chi connectivity index (χ0) is 27.5. The molecule has 6 rings (SSSR count). The molecule has 0 bridgehead atoms. The molecule has 2 amide bonds. The molecular formula is C28H23N5O4S3. The van der Waals surface area contributed by atoms with Crippen LogP contribution in [-0.4, -0.2) is 51.0 Å². The van der Waals surface area contributed by atoms with Gasteiger partial charge in [-0.05, 0) is 61.1 Å². The van der Waals surface area contributed by atoms with Crippen LogP contribution < -0.4 is 15.0 Å². The number of nitrogens with one attached hydrogen (secondary N) is 1. The van der Waals surface area contributed by atoms with Crippen molar-refractivity contribution in [1.29, 1.82) is 0 Å². The summed E-state index contributed by atoms with van der Waals surface area (Å²) in [6.45, 7) is 0.730. The van der Waals surface area contributed by atoms with Crippen LogP contribution in [0.4, 0.5) is 15.6 Å². The summed E-state index contributed by atoms with van der Waals surface area (Å²) in [6.07, 6.45) is 4.94. The zero-order valence-electron chi connectivity index (χ0n) is 21.1. The zero-order valence-corrected chi connectivity index (χ0v) is 23.5. The average Bonchev–Trinajstić information content (AvgIpc) is 3.59. The van der Waals surface area contributed by atoms with E-state index in [1.165, 1.54) is 22.7 Å². The number of ether oxygens (including phenoxy) is 1. The maximum absolute atomic E-state index is 13.3. The van der Waals surface area contributed by atoms with Gasteiger partial charge in [0, 0.05) is 27.7 Å². The number of thiazole rings is 2. The van der Waals surface area contributed by atoms with Crippen LogP contribution in [0.5, 0.6) is 5.75 Å². The number of carbonyl (C=O) groups excluding carboxylic acids is 1. The number of carboxylic acid groups (broad SMARTS) is 1. The van der Waals surface area contributed by atoms with Crippen LogP contribution in [0, 0.1) is 0 Å². The Kier molecular flexibility index (Phi) is 7.62. The van der Waals surface area contributed by atoms with Crippen molar-refractivity contribution in [3.8, 4) is 16.3 Å². The number of fused-ring (bicyclic) bond motifs is 2. The second-order valence-electron chi connectivity index (χ2n) is 8.83. The number of amides is 2. The van der Waals surface area contributed by atoms with E-state index in [1.807, 2.05) is 48.5 Å². The van der Waals surface area contributed by atoms with Gasteiger partial charge in [0.1, 0.15) is 17.4 Å². The molecule has 0 unspecified atom stereocenters. The molecule has 3 aromatic heterocycles. The number of hydrogen-bond acceptors (Lipinski definition) is 9. The van der Waals surface area contributed by atoms with Crippen molar-refractivity contribution in [1.82, 2.24) is 15.0 Å². The Hall–Kier alpha value is -4.00. The van der Waals surface area contributed by atoms with Gasteiger partial charge in [-0.3, -0.25) is 15.2 Å². The first-order valence-corrected chi connectivity index (χ1v) is 15.1. The van der Waals surface area contributed by atoms with Gasteiger partial charge in [-0.15, -0.1) is 23.1 Å². The summed E-state index contributed by atoms with van der Waals surface area (Å²) in [6, 6.07) is 16.8. The van der Waals surface area contributed by atoms with E-state index in [9.17, 15) is 14.7 Å². The minimum Gasteiger partial charge on any atom is -0.490 e. The number of aryl methyl sites for hydroxylation is 1. The number of nitrogens with zero attached hydrogens (tertiary/aromatic N) is 4. The SMILES string of the molecule is O=C(O)c1nc(-c2ccc3c(c2)N(C(=O)Nc2nc4ccccc4s2)CCO3)sc1CCCSc1ccncc1. The van der Waals surface area contributed by atoms with E-state index < -0.39 is 5.97 Å². The number of benzene rings is 2. The smallest absolute Gasteiger partial charge is 0.355 e. The fraction of sp³-hybridized carbons (Fsp3) is 0.179. The van der Waals surface area contributed by atoms with Crippen LogP contribution >= 0.6 is 34.4 Å². The standard InChI is InChI=1S/C28H23N5O4S3/c34-26(35)24-23(6-3-15-38-18-9-11-29-12-10-18)39-25(31-24)17-7-8-21-20(16-17)33(13-14-37-21)28(36)32-27-30-19-4-1-2-5-22(19)40-27/h1-2,4-5,7-12,16H,3,6,13-15H2,(H,34,35)(H,30,32,36). The summed E-state index contributed by atoms with van der Waals surface area (Å²) >= 11 is 4.50. The molecule has 1 aliphatic rings. The fourth-order valence-electron chi connectivity index (χ4n) is 4.32. The highest BCUT2D eigenvalue weighted by Crippen LogP contribution is 2.38. The summed E-state index contributed by atoms with van der Waals surface area (Å²) in [4.78, 5) is 41.7. The third-order valence-electron chi connectivity index (χ3n) is 6.19. The van der Waals surface area contributed by atoms with Gasteiger partial charge in [-0.25, -0.2) is 19.6 Å². The molecule has 0 atom stereocenters. The van der Waals surface area contributed by atoms with Gasteiger partial charge in [0.2, 0.25) is 0 Å². The number of hydrogen-bond donors (Lipinski definition) is 2. The van der Waals surface area contributed by atoms with Crippen molar-refractivity contribution in [2.45, 2.75) is 17.7 Å². The number of thioether (sulfide) groups is 1. The summed E-state index contributed by atoms with van der Waals surface area (Å²) in [5, 5.41) is 13.8. The molecule has 12 heteroatoms. The van der Waals surface area contributed by atoms with Crippen molar-refractivity contribution in [2.24, 2.45) is 0 Å². The first kappa shape index (κ1) is 26.2. The lowest BCUT2D eigenvalue weighted by Crippen LogP contribution is -2.40. The molecule has 9 nitrogen and oxygen atoms in total. The Bertz CT molecular complexity index is 1660.